The Hall–Kier alpha value is -2.54. The normalized spacial score (nSPS) is 12.5. The van der Waals surface area contributed by atoms with E-state index in [1.165, 1.54) is 12.1 Å². The van der Waals surface area contributed by atoms with Gasteiger partial charge in [0, 0.05) is 18.5 Å². The first-order valence-electron chi connectivity index (χ1n) is 7.19. The van der Waals surface area contributed by atoms with Gasteiger partial charge in [-0.3, -0.25) is 4.79 Å². The van der Waals surface area contributed by atoms with Crippen molar-refractivity contribution in [2.45, 2.75) is 18.9 Å². The maximum atomic E-state index is 12.1. The summed E-state index contributed by atoms with van der Waals surface area (Å²) in [5, 5.41) is 12.4. The van der Waals surface area contributed by atoms with Gasteiger partial charge in [0.05, 0.1) is 6.10 Å². The third kappa shape index (κ3) is 5.92. The Labute approximate surface area is 136 Å². The molecule has 1 amide bonds. The highest BCUT2D eigenvalue weighted by molar-refractivity contribution is 5.94. The Morgan fingerprint density at radius 3 is 2.29 bits per heavy atom. The number of rotatable bonds is 6. The zero-order valence-electron chi connectivity index (χ0n) is 12.6. The van der Waals surface area contributed by atoms with Crippen LogP contribution in [0.3, 0.4) is 0 Å². The van der Waals surface area contributed by atoms with Gasteiger partial charge < -0.3 is 15.2 Å². The molecule has 4 nitrogen and oxygen atoms in total. The molecule has 2 N–H and O–H groups in total. The quantitative estimate of drug-likeness (QED) is 0.851. The number of halogens is 3. The molecule has 0 saturated heterocycles. The van der Waals surface area contributed by atoms with E-state index in [2.05, 4.69) is 10.1 Å². The summed E-state index contributed by atoms with van der Waals surface area (Å²) < 4.78 is 39.9. The molecule has 2 rings (SSSR count). The molecule has 0 saturated carbocycles. The molecule has 0 bridgehead atoms. The fourth-order valence-corrected chi connectivity index (χ4v) is 2.08. The average Bonchev–Trinajstić information content (AvgIpc) is 2.53. The van der Waals surface area contributed by atoms with Crippen molar-refractivity contribution in [2.75, 3.05) is 6.54 Å². The zero-order valence-corrected chi connectivity index (χ0v) is 12.6. The highest BCUT2D eigenvalue weighted by Crippen LogP contribution is 2.22. The molecule has 0 aliphatic rings. The zero-order chi connectivity index (χ0) is 17.6. The van der Waals surface area contributed by atoms with Crippen LogP contribution < -0.4 is 10.1 Å². The van der Waals surface area contributed by atoms with Gasteiger partial charge in [-0.15, -0.1) is 13.2 Å². The summed E-state index contributed by atoms with van der Waals surface area (Å²) in [6.45, 7) is 0.0362. The van der Waals surface area contributed by atoms with Gasteiger partial charge in [0.1, 0.15) is 5.75 Å². The van der Waals surface area contributed by atoms with E-state index in [4.69, 9.17) is 0 Å². The number of hydrogen-bond donors (Lipinski definition) is 2. The van der Waals surface area contributed by atoms with Crippen LogP contribution in [0.5, 0.6) is 5.75 Å². The second-order valence-corrected chi connectivity index (χ2v) is 5.13. The molecule has 0 unspecified atom stereocenters. The number of benzene rings is 2. The molecule has 2 aromatic carbocycles. The van der Waals surface area contributed by atoms with Gasteiger partial charge in [-0.05, 0) is 29.8 Å². The molecule has 1 atom stereocenters. The Balaban J connectivity index is 1.83. The fraction of sp³-hybridized carbons (Fsp3) is 0.235. The van der Waals surface area contributed by atoms with Gasteiger partial charge in [-0.1, -0.05) is 30.3 Å². The third-order valence-corrected chi connectivity index (χ3v) is 3.16. The van der Waals surface area contributed by atoms with Crippen molar-refractivity contribution in [1.29, 1.82) is 0 Å². The van der Waals surface area contributed by atoms with Gasteiger partial charge in [-0.2, -0.15) is 0 Å². The molecule has 128 valence electrons. The number of carbonyl (C=O) groups excluding carboxylic acids is 1. The van der Waals surface area contributed by atoms with Crippen LogP contribution in [0.15, 0.2) is 54.6 Å². The van der Waals surface area contributed by atoms with Crippen LogP contribution in [0.2, 0.25) is 0 Å². The Morgan fingerprint density at radius 2 is 1.71 bits per heavy atom. The van der Waals surface area contributed by atoms with Crippen molar-refractivity contribution in [2.24, 2.45) is 0 Å². The lowest BCUT2D eigenvalue weighted by Gasteiger charge is -2.12. The Kier molecular flexibility index (Phi) is 5.81. The highest BCUT2D eigenvalue weighted by Gasteiger charge is 2.31. The van der Waals surface area contributed by atoms with Crippen molar-refractivity contribution in [3.63, 3.8) is 0 Å². The van der Waals surface area contributed by atoms with Gasteiger partial charge in [0.15, 0.2) is 0 Å². The maximum absolute atomic E-state index is 12.1. The van der Waals surface area contributed by atoms with Gasteiger partial charge in [-0.25, -0.2) is 0 Å². The average molecular weight is 339 g/mol. The number of hydrogen-bond acceptors (Lipinski definition) is 3. The number of aliphatic hydroxyl groups excluding tert-OH is 1. The smallest absolute Gasteiger partial charge is 0.406 e. The topological polar surface area (TPSA) is 58.6 Å². The van der Waals surface area contributed by atoms with Crippen LogP contribution in [0.4, 0.5) is 13.2 Å². The standard InChI is InChI=1S/C17H16F3NO3/c18-17(19,20)24-15-8-6-13(7-9-15)16(23)21-11-14(22)10-12-4-2-1-3-5-12/h1-9,14,22H,10-11H2,(H,21,23)/t14-/m0/s1. The molecular formula is C17H16F3NO3. The van der Waals surface area contributed by atoms with Gasteiger partial charge >= 0.3 is 6.36 Å². The lowest BCUT2D eigenvalue weighted by atomic mass is 10.1. The molecule has 0 aliphatic carbocycles. The molecule has 0 fully saturated rings. The lowest BCUT2D eigenvalue weighted by molar-refractivity contribution is -0.274. The van der Waals surface area contributed by atoms with Crippen molar-refractivity contribution in [3.8, 4) is 5.75 Å². The molecule has 24 heavy (non-hydrogen) atoms. The number of carbonyl (C=O) groups is 1. The van der Waals surface area contributed by atoms with Crippen LogP contribution in [0.1, 0.15) is 15.9 Å². The van der Waals surface area contributed by atoms with E-state index in [9.17, 15) is 23.1 Å². The SMILES string of the molecule is O=C(NC[C@@H](O)Cc1ccccc1)c1ccc(OC(F)(F)F)cc1. The molecule has 2 aromatic rings. The molecular weight excluding hydrogens is 323 g/mol. The minimum atomic E-state index is -4.77. The van der Waals surface area contributed by atoms with E-state index >= 15 is 0 Å². The number of nitrogens with one attached hydrogen (secondary N) is 1. The first-order valence-corrected chi connectivity index (χ1v) is 7.19. The second kappa shape index (κ2) is 7.83. The van der Waals surface area contributed by atoms with Crippen molar-refractivity contribution < 1.29 is 27.8 Å². The van der Waals surface area contributed by atoms with E-state index in [0.717, 1.165) is 17.7 Å². The van der Waals surface area contributed by atoms with E-state index in [0.29, 0.717) is 6.42 Å². The summed E-state index contributed by atoms with van der Waals surface area (Å²) in [5.74, 6) is -0.885. The van der Waals surface area contributed by atoms with Crippen molar-refractivity contribution in [3.05, 3.63) is 65.7 Å². The predicted octanol–water partition coefficient (Wildman–Crippen LogP) is 2.92. The molecule has 0 heterocycles. The van der Waals surface area contributed by atoms with E-state index in [-0.39, 0.29) is 12.1 Å². The lowest BCUT2D eigenvalue weighted by Crippen LogP contribution is -2.33. The summed E-state index contributed by atoms with van der Waals surface area (Å²) in [6.07, 6.45) is -5.14. The second-order valence-electron chi connectivity index (χ2n) is 5.13. The summed E-state index contributed by atoms with van der Waals surface area (Å²) in [4.78, 5) is 11.9. The van der Waals surface area contributed by atoms with Crippen LogP contribution in [-0.4, -0.2) is 30.0 Å². The van der Waals surface area contributed by atoms with E-state index < -0.39 is 24.1 Å². The predicted molar refractivity (Wildman–Crippen MR) is 81.6 cm³/mol. The maximum Gasteiger partial charge on any atom is 0.573 e. The first kappa shape index (κ1) is 17.8. The number of amides is 1. The van der Waals surface area contributed by atoms with Crippen molar-refractivity contribution >= 4 is 5.91 Å². The highest BCUT2D eigenvalue weighted by atomic mass is 19.4. The largest absolute Gasteiger partial charge is 0.573 e. The Bertz CT molecular complexity index is 657. The molecule has 0 spiro atoms. The summed E-state index contributed by atoms with van der Waals surface area (Å²) in [7, 11) is 0. The first-order chi connectivity index (χ1) is 11.3. The van der Waals surface area contributed by atoms with Crippen molar-refractivity contribution in [1.82, 2.24) is 5.32 Å². The monoisotopic (exact) mass is 339 g/mol. The van der Waals surface area contributed by atoms with Crippen LogP contribution in [0.25, 0.3) is 0 Å². The summed E-state index contributed by atoms with van der Waals surface area (Å²) in [5.41, 5.74) is 1.12. The fourth-order valence-electron chi connectivity index (χ4n) is 2.08. The Morgan fingerprint density at radius 1 is 1.08 bits per heavy atom. The molecule has 0 aliphatic heterocycles. The number of ether oxygens (including phenoxy) is 1. The molecule has 7 heteroatoms. The molecule has 0 radical (unpaired) electrons. The van der Waals surface area contributed by atoms with E-state index in [1.807, 2.05) is 30.3 Å². The van der Waals surface area contributed by atoms with Gasteiger partial charge in [0.25, 0.3) is 5.91 Å². The minimum absolute atomic E-state index is 0.0362. The number of aliphatic hydroxyl groups is 1. The third-order valence-electron chi connectivity index (χ3n) is 3.16. The number of alkyl halides is 3. The van der Waals surface area contributed by atoms with Gasteiger partial charge in [0.2, 0.25) is 0 Å². The molecule has 0 aromatic heterocycles. The minimum Gasteiger partial charge on any atom is -0.406 e. The van der Waals surface area contributed by atoms with Crippen LogP contribution >= 0.6 is 0 Å². The summed E-state index contributed by atoms with van der Waals surface area (Å²) in [6, 6.07) is 13.9. The van der Waals surface area contributed by atoms with Crippen LogP contribution in [-0.2, 0) is 6.42 Å². The summed E-state index contributed by atoms with van der Waals surface area (Å²) >= 11 is 0. The van der Waals surface area contributed by atoms with E-state index in [1.54, 1.807) is 0 Å². The van der Waals surface area contributed by atoms with Crippen LogP contribution in [0, 0.1) is 0 Å².